The molecule has 1 atom stereocenters. The lowest BCUT2D eigenvalue weighted by Crippen LogP contribution is -2.51. The fourth-order valence-electron chi connectivity index (χ4n) is 5.60. The topological polar surface area (TPSA) is 80.8 Å². The predicted octanol–water partition coefficient (Wildman–Crippen LogP) is 3.59. The smallest absolute Gasteiger partial charge is 0.261 e. The average molecular weight is 580 g/mol. The van der Waals surface area contributed by atoms with E-state index in [1.54, 1.807) is 21.3 Å². The zero-order valence-electron chi connectivity index (χ0n) is 23.8. The summed E-state index contributed by atoms with van der Waals surface area (Å²) in [6, 6.07) is 15.0. The number of amides is 2. The van der Waals surface area contributed by atoms with Crippen LogP contribution in [-0.4, -0.2) is 106 Å². The van der Waals surface area contributed by atoms with Crippen molar-refractivity contribution in [3.05, 3.63) is 65.2 Å². The minimum absolute atomic E-state index is 0.0648. The van der Waals surface area contributed by atoms with Crippen molar-refractivity contribution in [2.75, 3.05) is 73.7 Å². The highest BCUT2D eigenvalue weighted by Crippen LogP contribution is 2.38. The summed E-state index contributed by atoms with van der Waals surface area (Å²) < 4.78 is 22.2. The molecule has 0 N–H and O–H groups in total. The van der Waals surface area contributed by atoms with E-state index in [1.807, 2.05) is 48.5 Å². The number of imide groups is 1. The van der Waals surface area contributed by atoms with Crippen molar-refractivity contribution in [1.82, 2.24) is 14.7 Å². The van der Waals surface area contributed by atoms with Gasteiger partial charge in [0.05, 0.1) is 34.5 Å². The van der Waals surface area contributed by atoms with Crippen LogP contribution >= 0.6 is 12.6 Å². The Hall–Kier alpha value is -3.31. The van der Waals surface area contributed by atoms with E-state index in [0.717, 1.165) is 49.1 Å². The summed E-state index contributed by atoms with van der Waals surface area (Å²) in [6.45, 7) is 6.31. The van der Waals surface area contributed by atoms with Gasteiger partial charge >= 0.3 is 0 Å². The molecular weight excluding hydrogens is 542 g/mol. The molecule has 9 nitrogen and oxygen atoms in total. The number of ether oxygens (including phenoxy) is 4. The number of nitrogens with zero attached hydrogens (tertiary/aromatic N) is 3. The molecule has 0 radical (unpaired) electrons. The highest BCUT2D eigenvalue weighted by Gasteiger charge is 2.33. The molecule has 0 aromatic heterocycles. The lowest BCUT2D eigenvalue weighted by molar-refractivity contribution is 0.0568. The first-order valence-corrected chi connectivity index (χ1v) is 14.3. The van der Waals surface area contributed by atoms with Crippen molar-refractivity contribution in [2.45, 2.75) is 11.9 Å². The van der Waals surface area contributed by atoms with Crippen LogP contribution in [0.25, 0.3) is 10.8 Å². The van der Waals surface area contributed by atoms with Gasteiger partial charge in [0.1, 0.15) is 0 Å². The number of methoxy groups -OCH3 is 3. The average Bonchev–Trinajstić information content (AvgIpc) is 2.99. The third-order valence-corrected chi connectivity index (χ3v) is 8.05. The van der Waals surface area contributed by atoms with Gasteiger partial charge in [0.2, 0.25) is 5.75 Å². The van der Waals surface area contributed by atoms with Gasteiger partial charge in [0, 0.05) is 67.6 Å². The summed E-state index contributed by atoms with van der Waals surface area (Å²) in [7, 11) is 4.77. The summed E-state index contributed by atoms with van der Waals surface area (Å²) >= 11 is 4.76. The molecule has 0 spiro atoms. The molecule has 3 aromatic carbocycles. The minimum Gasteiger partial charge on any atom is -0.493 e. The zero-order valence-corrected chi connectivity index (χ0v) is 24.7. The Morgan fingerprint density at radius 3 is 1.95 bits per heavy atom. The molecule has 0 bridgehead atoms. The molecular formula is C31H37N3O6S. The van der Waals surface area contributed by atoms with Crippen LogP contribution in [0, 0.1) is 0 Å². The molecule has 3 aromatic rings. The highest BCUT2D eigenvalue weighted by atomic mass is 32.1. The van der Waals surface area contributed by atoms with Crippen molar-refractivity contribution in [2.24, 2.45) is 0 Å². The Kier molecular flexibility index (Phi) is 9.34. The largest absolute Gasteiger partial charge is 0.493 e. The van der Waals surface area contributed by atoms with Crippen LogP contribution in [0.4, 0.5) is 0 Å². The lowest BCUT2D eigenvalue weighted by Gasteiger charge is -2.37. The molecule has 10 heteroatoms. The van der Waals surface area contributed by atoms with E-state index in [-0.39, 0.29) is 17.1 Å². The predicted molar refractivity (Wildman–Crippen MR) is 161 cm³/mol. The summed E-state index contributed by atoms with van der Waals surface area (Å²) in [6.07, 6.45) is 0. The van der Waals surface area contributed by atoms with Gasteiger partial charge in [-0.1, -0.05) is 24.3 Å². The fourth-order valence-corrected chi connectivity index (χ4v) is 5.94. The van der Waals surface area contributed by atoms with E-state index >= 15 is 0 Å². The number of carbonyl (C=O) groups is 2. The highest BCUT2D eigenvalue weighted by molar-refractivity contribution is 7.81. The number of rotatable bonds is 12. The van der Waals surface area contributed by atoms with Crippen LogP contribution in [0.15, 0.2) is 48.5 Å². The standard InChI is InChI=1S/C31H37N3O6S/c1-37-26-16-21(17-27(38-2)29(26)39-3)19-40-20-23(41)18-33-12-10-32(11-13-33)14-15-34-30(35)24-8-4-6-22-7-5-9-25(28(22)24)31(34)36/h4-9,16-17,23,41H,10-15,18-20H2,1-3H3/t23-/m0/s1. The first-order valence-electron chi connectivity index (χ1n) is 13.8. The van der Waals surface area contributed by atoms with Gasteiger partial charge in [0.15, 0.2) is 11.5 Å². The van der Waals surface area contributed by atoms with Gasteiger partial charge in [-0.3, -0.25) is 24.3 Å². The number of carbonyl (C=O) groups excluding carboxylic acids is 2. The van der Waals surface area contributed by atoms with Crippen molar-refractivity contribution in [3.63, 3.8) is 0 Å². The van der Waals surface area contributed by atoms with E-state index in [1.165, 1.54) is 4.90 Å². The van der Waals surface area contributed by atoms with Crippen LogP contribution in [0.3, 0.4) is 0 Å². The number of thiol groups is 1. The molecule has 0 aliphatic carbocycles. The molecule has 0 saturated carbocycles. The first-order chi connectivity index (χ1) is 19.9. The van der Waals surface area contributed by atoms with Gasteiger partial charge < -0.3 is 18.9 Å². The van der Waals surface area contributed by atoms with E-state index in [0.29, 0.717) is 54.7 Å². The third kappa shape index (κ3) is 6.30. The van der Waals surface area contributed by atoms with Crippen LogP contribution in [0.1, 0.15) is 26.3 Å². The second-order valence-corrected chi connectivity index (χ2v) is 11.0. The van der Waals surface area contributed by atoms with Crippen LogP contribution in [-0.2, 0) is 11.3 Å². The monoisotopic (exact) mass is 579 g/mol. The van der Waals surface area contributed by atoms with Gasteiger partial charge in [0.25, 0.3) is 11.8 Å². The maximum atomic E-state index is 13.2. The van der Waals surface area contributed by atoms with E-state index in [2.05, 4.69) is 9.80 Å². The zero-order chi connectivity index (χ0) is 28.9. The van der Waals surface area contributed by atoms with Crippen molar-refractivity contribution >= 4 is 35.2 Å². The van der Waals surface area contributed by atoms with Gasteiger partial charge in [-0.25, -0.2) is 0 Å². The molecule has 0 unspecified atom stereocenters. The molecule has 5 rings (SSSR count). The summed E-state index contributed by atoms with van der Waals surface area (Å²) in [5.74, 6) is 1.34. The summed E-state index contributed by atoms with van der Waals surface area (Å²) in [4.78, 5) is 32.4. The fraction of sp³-hybridized carbons (Fsp3) is 0.419. The molecule has 2 amide bonds. The maximum absolute atomic E-state index is 13.2. The van der Waals surface area contributed by atoms with Crippen molar-refractivity contribution in [1.29, 1.82) is 0 Å². The molecule has 2 heterocycles. The number of hydrogen-bond acceptors (Lipinski definition) is 9. The Morgan fingerprint density at radius 1 is 0.805 bits per heavy atom. The molecule has 1 saturated heterocycles. The van der Waals surface area contributed by atoms with Gasteiger partial charge in [-0.05, 0) is 35.2 Å². The Morgan fingerprint density at radius 2 is 1.39 bits per heavy atom. The Labute approximate surface area is 246 Å². The molecule has 218 valence electrons. The number of hydrogen-bond donors (Lipinski definition) is 1. The molecule has 2 aliphatic heterocycles. The molecule has 1 fully saturated rings. The van der Waals surface area contributed by atoms with Crippen molar-refractivity contribution < 1.29 is 28.5 Å². The molecule has 41 heavy (non-hydrogen) atoms. The quantitative estimate of drug-likeness (QED) is 0.258. The number of piperazine rings is 1. The van der Waals surface area contributed by atoms with Crippen LogP contribution < -0.4 is 14.2 Å². The second kappa shape index (κ2) is 13.1. The van der Waals surface area contributed by atoms with E-state index in [4.69, 9.17) is 31.6 Å². The van der Waals surface area contributed by atoms with Crippen LogP contribution in [0.5, 0.6) is 17.2 Å². The normalized spacial score (nSPS) is 16.7. The van der Waals surface area contributed by atoms with E-state index in [9.17, 15) is 9.59 Å². The third-order valence-electron chi connectivity index (χ3n) is 7.73. The maximum Gasteiger partial charge on any atom is 0.261 e. The minimum atomic E-state index is -0.206. The molecule has 2 aliphatic rings. The Bertz CT molecular complexity index is 1330. The van der Waals surface area contributed by atoms with Gasteiger partial charge in [-0.15, -0.1) is 0 Å². The first kappa shape index (κ1) is 29.2. The van der Waals surface area contributed by atoms with Crippen molar-refractivity contribution in [3.8, 4) is 17.2 Å². The Balaban J connectivity index is 1.06. The van der Waals surface area contributed by atoms with E-state index < -0.39 is 0 Å². The SMILES string of the molecule is COc1cc(COC[C@@H](S)CN2CCN(CCN3C(=O)c4cccc5cccc(c45)C3=O)CC2)cc(OC)c1OC. The van der Waals surface area contributed by atoms with Crippen LogP contribution in [0.2, 0.25) is 0 Å². The second-order valence-electron chi connectivity index (χ2n) is 10.3. The summed E-state index contributed by atoms with van der Waals surface area (Å²) in [5, 5.41) is 1.75. The van der Waals surface area contributed by atoms with Gasteiger partial charge in [-0.2, -0.15) is 12.6 Å². The number of benzene rings is 3. The summed E-state index contributed by atoms with van der Waals surface area (Å²) in [5.41, 5.74) is 2.14. The lowest BCUT2D eigenvalue weighted by atomic mass is 9.94.